The number of hydrazine groups is 1. The molecule has 0 fully saturated rings. The number of amides is 2. The zero-order chi connectivity index (χ0) is 16.9. The van der Waals surface area contributed by atoms with Crippen LogP contribution in [0.5, 0.6) is 0 Å². The van der Waals surface area contributed by atoms with E-state index in [2.05, 4.69) is 15.8 Å². The van der Waals surface area contributed by atoms with Gasteiger partial charge in [0.05, 0.1) is 12.2 Å². The van der Waals surface area contributed by atoms with E-state index in [0.29, 0.717) is 17.7 Å². The molecule has 0 radical (unpaired) electrons. The molecule has 6 heteroatoms. The van der Waals surface area contributed by atoms with Crippen LogP contribution in [0.1, 0.15) is 26.3 Å². The number of carbonyl (C=O) groups is 2. The number of aromatic nitrogens is 1. The third-order valence-corrected chi connectivity index (χ3v) is 3.65. The maximum absolute atomic E-state index is 12.2. The number of hydrogen-bond acceptors (Lipinski definition) is 3. The molecule has 3 N–H and O–H groups in total. The fourth-order valence-corrected chi connectivity index (χ4v) is 2.43. The highest BCUT2D eigenvalue weighted by molar-refractivity contribution is 6.07. The Morgan fingerprint density at radius 1 is 1.00 bits per heavy atom. The zero-order valence-electron chi connectivity index (χ0n) is 13.1. The summed E-state index contributed by atoms with van der Waals surface area (Å²) in [6.07, 6.45) is 1.62. The molecule has 3 rings (SSSR count). The Hall–Kier alpha value is -3.12. The molecule has 0 saturated heterocycles. The van der Waals surface area contributed by atoms with E-state index in [1.165, 1.54) is 0 Å². The third-order valence-electron chi connectivity index (χ3n) is 3.65. The summed E-state index contributed by atoms with van der Waals surface area (Å²) in [6, 6.07) is 14.4. The standard InChI is InChI=1S/C18H17N3O3/c1-24-11-12-6-8-13(9-7-12)17(22)20-21-18(23)15-10-19-16-5-3-2-4-14(15)16/h2-10,19H,11H2,1H3,(H,20,22)(H,21,23). The number of H-pyrrole nitrogens is 1. The average Bonchev–Trinajstić information content (AvgIpc) is 3.04. The number of carbonyl (C=O) groups excluding carboxylic acids is 2. The number of rotatable bonds is 4. The van der Waals surface area contributed by atoms with E-state index >= 15 is 0 Å². The van der Waals surface area contributed by atoms with Crippen molar-refractivity contribution in [3.63, 3.8) is 0 Å². The normalized spacial score (nSPS) is 10.5. The lowest BCUT2D eigenvalue weighted by atomic mass is 10.1. The predicted molar refractivity (Wildman–Crippen MR) is 90.4 cm³/mol. The largest absolute Gasteiger partial charge is 0.380 e. The molecule has 6 nitrogen and oxygen atoms in total. The van der Waals surface area contributed by atoms with Gasteiger partial charge in [0.2, 0.25) is 0 Å². The molecule has 1 aromatic heterocycles. The van der Waals surface area contributed by atoms with Crippen LogP contribution >= 0.6 is 0 Å². The van der Waals surface area contributed by atoms with Crippen molar-refractivity contribution in [2.75, 3.05) is 7.11 Å². The molecule has 1 heterocycles. The lowest BCUT2D eigenvalue weighted by Crippen LogP contribution is -2.41. The van der Waals surface area contributed by atoms with Gasteiger partial charge in [-0.1, -0.05) is 30.3 Å². The minimum atomic E-state index is -0.382. The summed E-state index contributed by atoms with van der Waals surface area (Å²) in [4.78, 5) is 27.3. The van der Waals surface area contributed by atoms with Gasteiger partial charge in [0, 0.05) is 29.8 Å². The van der Waals surface area contributed by atoms with Gasteiger partial charge in [0.1, 0.15) is 0 Å². The number of ether oxygens (including phenoxy) is 1. The van der Waals surface area contributed by atoms with Crippen molar-refractivity contribution >= 4 is 22.7 Å². The van der Waals surface area contributed by atoms with Crippen molar-refractivity contribution in [2.24, 2.45) is 0 Å². The second-order valence-electron chi connectivity index (χ2n) is 5.29. The number of hydrogen-bond donors (Lipinski definition) is 3. The van der Waals surface area contributed by atoms with Crippen molar-refractivity contribution in [2.45, 2.75) is 6.61 Å². The van der Waals surface area contributed by atoms with Crippen LogP contribution < -0.4 is 10.9 Å². The summed E-state index contributed by atoms with van der Waals surface area (Å²) >= 11 is 0. The summed E-state index contributed by atoms with van der Waals surface area (Å²) in [7, 11) is 1.61. The van der Waals surface area contributed by atoms with E-state index in [4.69, 9.17) is 4.74 Å². The van der Waals surface area contributed by atoms with Gasteiger partial charge < -0.3 is 9.72 Å². The van der Waals surface area contributed by atoms with Crippen molar-refractivity contribution in [3.05, 3.63) is 71.4 Å². The first kappa shape index (κ1) is 15.8. The Morgan fingerprint density at radius 2 is 1.71 bits per heavy atom. The van der Waals surface area contributed by atoms with Crippen LogP contribution in [-0.2, 0) is 11.3 Å². The Kier molecular flexibility index (Phi) is 4.58. The van der Waals surface area contributed by atoms with Gasteiger partial charge in [-0.15, -0.1) is 0 Å². The van der Waals surface area contributed by atoms with E-state index < -0.39 is 0 Å². The first-order chi connectivity index (χ1) is 11.7. The average molecular weight is 323 g/mol. The minimum absolute atomic E-state index is 0.378. The molecule has 0 aliphatic heterocycles. The molecule has 0 aliphatic rings. The first-order valence-corrected chi connectivity index (χ1v) is 7.43. The lowest BCUT2D eigenvalue weighted by molar-refractivity contribution is 0.0847. The summed E-state index contributed by atoms with van der Waals surface area (Å²) < 4.78 is 5.02. The van der Waals surface area contributed by atoms with Gasteiger partial charge in [-0.2, -0.15) is 0 Å². The molecular weight excluding hydrogens is 306 g/mol. The minimum Gasteiger partial charge on any atom is -0.380 e. The van der Waals surface area contributed by atoms with Gasteiger partial charge in [-0.3, -0.25) is 20.4 Å². The third kappa shape index (κ3) is 3.28. The summed E-state index contributed by atoms with van der Waals surface area (Å²) in [6.45, 7) is 0.485. The van der Waals surface area contributed by atoms with Gasteiger partial charge in [-0.25, -0.2) is 0 Å². The van der Waals surface area contributed by atoms with Crippen LogP contribution in [0, 0.1) is 0 Å². The Balaban J connectivity index is 1.64. The monoisotopic (exact) mass is 323 g/mol. The molecule has 0 aliphatic carbocycles. The van der Waals surface area contributed by atoms with Crippen molar-refractivity contribution in [3.8, 4) is 0 Å². The molecule has 0 atom stereocenters. The second kappa shape index (κ2) is 6.97. The SMILES string of the molecule is COCc1ccc(C(=O)NNC(=O)c2c[nH]c3ccccc23)cc1. The lowest BCUT2D eigenvalue weighted by Gasteiger charge is -2.07. The summed E-state index contributed by atoms with van der Waals surface area (Å²) in [5.41, 5.74) is 7.61. The second-order valence-corrected chi connectivity index (χ2v) is 5.29. The highest BCUT2D eigenvalue weighted by Gasteiger charge is 2.13. The molecule has 0 unspecified atom stereocenters. The van der Waals surface area contributed by atoms with Crippen molar-refractivity contribution < 1.29 is 14.3 Å². The fourth-order valence-electron chi connectivity index (χ4n) is 2.43. The molecular formula is C18H17N3O3. The van der Waals surface area contributed by atoms with Crippen LogP contribution in [0.2, 0.25) is 0 Å². The van der Waals surface area contributed by atoms with E-state index in [-0.39, 0.29) is 11.8 Å². The Labute approximate surface area is 138 Å². The van der Waals surface area contributed by atoms with Gasteiger partial charge in [0.25, 0.3) is 11.8 Å². The van der Waals surface area contributed by atoms with Crippen LogP contribution in [-0.4, -0.2) is 23.9 Å². The number of nitrogens with one attached hydrogen (secondary N) is 3. The van der Waals surface area contributed by atoms with E-state index in [9.17, 15) is 9.59 Å². The topological polar surface area (TPSA) is 83.2 Å². The van der Waals surface area contributed by atoms with E-state index in [1.54, 1.807) is 37.6 Å². The van der Waals surface area contributed by atoms with Crippen molar-refractivity contribution in [1.29, 1.82) is 0 Å². The number of benzene rings is 2. The maximum Gasteiger partial charge on any atom is 0.271 e. The molecule has 0 saturated carbocycles. The highest BCUT2D eigenvalue weighted by atomic mass is 16.5. The Morgan fingerprint density at radius 3 is 2.46 bits per heavy atom. The quantitative estimate of drug-likeness (QED) is 0.645. The van der Waals surface area contributed by atoms with Gasteiger partial charge in [0.15, 0.2) is 0 Å². The predicted octanol–water partition coefficient (Wildman–Crippen LogP) is 2.39. The van der Waals surface area contributed by atoms with Crippen LogP contribution in [0.25, 0.3) is 10.9 Å². The molecule has 122 valence electrons. The number of aromatic amines is 1. The first-order valence-electron chi connectivity index (χ1n) is 7.43. The van der Waals surface area contributed by atoms with Crippen molar-refractivity contribution in [1.82, 2.24) is 15.8 Å². The van der Waals surface area contributed by atoms with E-state index in [0.717, 1.165) is 16.5 Å². The number of fused-ring (bicyclic) bond motifs is 1. The Bertz CT molecular complexity index is 869. The fraction of sp³-hybridized carbons (Fsp3) is 0.111. The molecule has 24 heavy (non-hydrogen) atoms. The summed E-state index contributed by atoms with van der Waals surface area (Å²) in [5, 5.41) is 0.799. The highest BCUT2D eigenvalue weighted by Crippen LogP contribution is 2.17. The van der Waals surface area contributed by atoms with Gasteiger partial charge in [-0.05, 0) is 23.8 Å². The molecule has 0 bridgehead atoms. The van der Waals surface area contributed by atoms with Crippen LogP contribution in [0.15, 0.2) is 54.7 Å². The molecule has 2 amide bonds. The maximum atomic E-state index is 12.2. The van der Waals surface area contributed by atoms with Crippen LogP contribution in [0.3, 0.4) is 0 Å². The number of methoxy groups -OCH3 is 1. The molecule has 0 spiro atoms. The van der Waals surface area contributed by atoms with E-state index in [1.807, 2.05) is 24.3 Å². The smallest absolute Gasteiger partial charge is 0.271 e. The van der Waals surface area contributed by atoms with Gasteiger partial charge >= 0.3 is 0 Å². The number of para-hydroxylation sites is 1. The zero-order valence-corrected chi connectivity index (χ0v) is 13.1. The molecule has 2 aromatic carbocycles. The summed E-state index contributed by atoms with van der Waals surface area (Å²) in [5.74, 6) is -0.760. The molecule has 3 aromatic rings. The van der Waals surface area contributed by atoms with Crippen LogP contribution in [0.4, 0.5) is 0 Å².